The first-order chi connectivity index (χ1) is 9.15. The quantitative estimate of drug-likeness (QED) is 0.870. The predicted molar refractivity (Wildman–Crippen MR) is 79.1 cm³/mol. The van der Waals surface area contributed by atoms with Crippen LogP contribution >= 0.6 is 15.9 Å². The van der Waals surface area contributed by atoms with Crippen LogP contribution in [0.4, 0.5) is 4.39 Å². The van der Waals surface area contributed by atoms with Crippen LogP contribution in [0.15, 0.2) is 22.7 Å². The first-order valence-corrected chi connectivity index (χ1v) is 7.79. The molecule has 0 spiro atoms. The third-order valence-corrected chi connectivity index (χ3v) is 4.14. The lowest BCUT2D eigenvalue weighted by atomic mass is 9.95. The second kappa shape index (κ2) is 7.25. The molecule has 0 radical (unpaired) electrons. The first kappa shape index (κ1) is 14.8. The highest BCUT2D eigenvalue weighted by molar-refractivity contribution is 9.10. The molecule has 2 nitrogen and oxygen atoms in total. The van der Waals surface area contributed by atoms with E-state index in [0.717, 1.165) is 6.54 Å². The molecule has 0 aromatic heterocycles. The Balaban J connectivity index is 1.78. The lowest BCUT2D eigenvalue weighted by molar-refractivity contribution is 0.204. The molecule has 0 amide bonds. The van der Waals surface area contributed by atoms with Crippen LogP contribution in [0, 0.1) is 5.82 Å². The fourth-order valence-electron chi connectivity index (χ4n) is 2.47. The van der Waals surface area contributed by atoms with Crippen molar-refractivity contribution in [3.05, 3.63) is 28.5 Å². The Morgan fingerprint density at radius 2 is 2.11 bits per heavy atom. The zero-order chi connectivity index (χ0) is 13.7. The maximum absolute atomic E-state index is 13.0. The van der Waals surface area contributed by atoms with Crippen molar-refractivity contribution in [3.63, 3.8) is 0 Å². The zero-order valence-corrected chi connectivity index (χ0v) is 12.9. The van der Waals surface area contributed by atoms with Gasteiger partial charge < -0.3 is 10.1 Å². The van der Waals surface area contributed by atoms with E-state index in [1.165, 1.54) is 44.2 Å². The van der Waals surface area contributed by atoms with Crippen LogP contribution < -0.4 is 10.1 Å². The molecule has 0 heterocycles. The third kappa shape index (κ3) is 4.77. The van der Waals surface area contributed by atoms with Crippen molar-refractivity contribution >= 4 is 15.9 Å². The highest BCUT2D eigenvalue weighted by Crippen LogP contribution is 2.26. The molecule has 1 fully saturated rings. The Labute approximate surface area is 122 Å². The van der Waals surface area contributed by atoms with Crippen molar-refractivity contribution in [1.82, 2.24) is 5.32 Å². The van der Waals surface area contributed by atoms with E-state index in [1.54, 1.807) is 6.07 Å². The van der Waals surface area contributed by atoms with Gasteiger partial charge in [-0.3, -0.25) is 0 Å². The predicted octanol–water partition coefficient (Wildman–Crippen LogP) is 4.28. The van der Waals surface area contributed by atoms with Gasteiger partial charge in [-0.15, -0.1) is 0 Å². The maximum Gasteiger partial charge on any atom is 0.134 e. The molecular weight excluding hydrogens is 309 g/mol. The van der Waals surface area contributed by atoms with Crippen LogP contribution in [0.5, 0.6) is 5.75 Å². The van der Waals surface area contributed by atoms with E-state index in [9.17, 15) is 4.39 Å². The second-order valence-corrected chi connectivity index (χ2v) is 6.10. The maximum atomic E-state index is 13.0. The zero-order valence-electron chi connectivity index (χ0n) is 11.3. The Hall–Kier alpha value is -0.610. The number of nitrogens with one attached hydrogen (secondary N) is 1. The normalized spacial score (nSPS) is 18.3. The van der Waals surface area contributed by atoms with E-state index in [1.807, 2.05) is 6.92 Å². The van der Waals surface area contributed by atoms with E-state index in [4.69, 9.17) is 4.74 Å². The Bertz CT molecular complexity index is 407. The van der Waals surface area contributed by atoms with Crippen molar-refractivity contribution in [2.75, 3.05) is 6.54 Å². The Morgan fingerprint density at radius 3 is 2.79 bits per heavy atom. The minimum atomic E-state index is -0.257. The van der Waals surface area contributed by atoms with E-state index in [0.29, 0.717) is 16.3 Å². The van der Waals surface area contributed by atoms with Gasteiger partial charge in [-0.2, -0.15) is 0 Å². The van der Waals surface area contributed by atoms with Crippen LogP contribution in [0.25, 0.3) is 0 Å². The van der Waals surface area contributed by atoms with Gasteiger partial charge in [-0.05, 0) is 53.9 Å². The number of benzene rings is 1. The monoisotopic (exact) mass is 329 g/mol. The molecule has 1 aliphatic carbocycles. The largest absolute Gasteiger partial charge is 0.488 e. The molecule has 19 heavy (non-hydrogen) atoms. The summed E-state index contributed by atoms with van der Waals surface area (Å²) in [5.74, 6) is 0.437. The molecule has 1 atom stereocenters. The standard InChI is InChI=1S/C15H21BrFNO/c1-11(10-18-13-5-3-2-4-6-13)19-15-8-7-12(17)9-14(15)16/h7-9,11,13,18H,2-6,10H2,1H3. The molecule has 0 saturated heterocycles. The summed E-state index contributed by atoms with van der Waals surface area (Å²) in [5.41, 5.74) is 0. The molecule has 1 unspecified atom stereocenters. The molecule has 1 aromatic rings. The number of rotatable bonds is 5. The van der Waals surface area contributed by atoms with Gasteiger partial charge >= 0.3 is 0 Å². The Kier molecular flexibility index (Phi) is 5.64. The lowest BCUT2D eigenvalue weighted by Crippen LogP contribution is -2.37. The van der Waals surface area contributed by atoms with Gasteiger partial charge in [0.15, 0.2) is 0 Å². The van der Waals surface area contributed by atoms with E-state index in [2.05, 4.69) is 21.2 Å². The van der Waals surface area contributed by atoms with E-state index >= 15 is 0 Å². The number of hydrogen-bond donors (Lipinski definition) is 1. The topological polar surface area (TPSA) is 21.3 Å². The van der Waals surface area contributed by atoms with Gasteiger partial charge in [-0.25, -0.2) is 4.39 Å². The summed E-state index contributed by atoms with van der Waals surface area (Å²) >= 11 is 3.32. The van der Waals surface area contributed by atoms with Crippen LogP contribution in [-0.4, -0.2) is 18.7 Å². The van der Waals surface area contributed by atoms with E-state index in [-0.39, 0.29) is 11.9 Å². The van der Waals surface area contributed by atoms with Gasteiger partial charge in [0.1, 0.15) is 17.7 Å². The molecular formula is C15H21BrFNO. The fourth-order valence-corrected chi connectivity index (χ4v) is 2.91. The lowest BCUT2D eigenvalue weighted by Gasteiger charge is -2.25. The van der Waals surface area contributed by atoms with Crippen molar-refractivity contribution in [1.29, 1.82) is 0 Å². The van der Waals surface area contributed by atoms with Gasteiger partial charge in [-0.1, -0.05) is 19.3 Å². The number of hydrogen-bond acceptors (Lipinski definition) is 2. The van der Waals surface area contributed by atoms with Gasteiger partial charge in [0, 0.05) is 12.6 Å². The molecule has 4 heteroatoms. The Morgan fingerprint density at radius 1 is 1.37 bits per heavy atom. The van der Waals surface area contributed by atoms with Gasteiger partial charge in [0.25, 0.3) is 0 Å². The highest BCUT2D eigenvalue weighted by atomic mass is 79.9. The van der Waals surface area contributed by atoms with Crippen LogP contribution in [-0.2, 0) is 0 Å². The molecule has 1 aliphatic rings. The molecule has 2 rings (SSSR count). The van der Waals surface area contributed by atoms with Gasteiger partial charge in [0.2, 0.25) is 0 Å². The van der Waals surface area contributed by atoms with Crippen LogP contribution in [0.2, 0.25) is 0 Å². The molecule has 0 aliphatic heterocycles. The summed E-state index contributed by atoms with van der Waals surface area (Å²) in [4.78, 5) is 0. The minimum Gasteiger partial charge on any atom is -0.488 e. The average Bonchev–Trinajstić information content (AvgIpc) is 2.41. The smallest absolute Gasteiger partial charge is 0.134 e. The highest BCUT2D eigenvalue weighted by Gasteiger charge is 2.14. The van der Waals surface area contributed by atoms with Crippen molar-refractivity contribution < 1.29 is 9.13 Å². The molecule has 1 saturated carbocycles. The SMILES string of the molecule is CC(CNC1CCCCC1)Oc1ccc(F)cc1Br. The number of ether oxygens (including phenoxy) is 1. The molecule has 106 valence electrons. The van der Waals surface area contributed by atoms with Gasteiger partial charge in [0.05, 0.1) is 4.47 Å². The van der Waals surface area contributed by atoms with Crippen LogP contribution in [0.3, 0.4) is 0 Å². The fraction of sp³-hybridized carbons (Fsp3) is 0.600. The molecule has 1 N–H and O–H groups in total. The summed E-state index contributed by atoms with van der Waals surface area (Å²) in [5, 5.41) is 3.56. The summed E-state index contributed by atoms with van der Waals surface area (Å²) in [6, 6.07) is 5.14. The van der Waals surface area contributed by atoms with Crippen molar-refractivity contribution in [2.45, 2.75) is 51.2 Å². The summed E-state index contributed by atoms with van der Waals surface area (Å²) in [7, 11) is 0. The molecule has 1 aromatic carbocycles. The third-order valence-electron chi connectivity index (χ3n) is 3.52. The number of halogens is 2. The van der Waals surface area contributed by atoms with E-state index < -0.39 is 0 Å². The summed E-state index contributed by atoms with van der Waals surface area (Å²) in [6.45, 7) is 2.86. The van der Waals surface area contributed by atoms with Crippen LogP contribution in [0.1, 0.15) is 39.0 Å². The first-order valence-electron chi connectivity index (χ1n) is 7.00. The van der Waals surface area contributed by atoms with Crippen molar-refractivity contribution in [3.8, 4) is 5.75 Å². The average molecular weight is 330 g/mol. The summed E-state index contributed by atoms with van der Waals surface area (Å²) in [6.07, 6.45) is 6.64. The second-order valence-electron chi connectivity index (χ2n) is 5.25. The summed E-state index contributed by atoms with van der Waals surface area (Å²) < 4.78 is 19.5. The van der Waals surface area contributed by atoms with Crippen molar-refractivity contribution in [2.24, 2.45) is 0 Å². The molecule has 0 bridgehead atoms. The minimum absolute atomic E-state index is 0.0729.